The Kier molecular flexibility index (Phi) is 3.73. The highest BCUT2D eigenvalue weighted by molar-refractivity contribution is 9.10. The number of aromatic nitrogens is 2. The lowest BCUT2D eigenvalue weighted by atomic mass is 10.2. The zero-order valence-electron chi connectivity index (χ0n) is 9.54. The number of nitrogens with zero attached hydrogens (tertiary/aromatic N) is 1. The standard InChI is InChI=1S/C12H10BrClN2O2/c1-7-10(14)15-12(18)16(11(7)17)6-8-3-2-4-9(13)5-8/h2-5H,6H2,1H3,(H,15,18). The van der Waals surface area contributed by atoms with E-state index < -0.39 is 5.69 Å². The molecule has 0 atom stereocenters. The van der Waals surface area contributed by atoms with E-state index >= 15 is 0 Å². The number of H-pyrrole nitrogens is 1. The first-order valence-electron chi connectivity index (χ1n) is 5.22. The third-order valence-electron chi connectivity index (χ3n) is 2.59. The second-order valence-corrected chi connectivity index (χ2v) is 5.18. The number of benzene rings is 1. The van der Waals surface area contributed by atoms with Gasteiger partial charge in [0.1, 0.15) is 5.15 Å². The molecule has 94 valence electrons. The van der Waals surface area contributed by atoms with Crippen LogP contribution in [0.3, 0.4) is 0 Å². The molecule has 0 aliphatic carbocycles. The highest BCUT2D eigenvalue weighted by atomic mass is 79.9. The monoisotopic (exact) mass is 328 g/mol. The van der Waals surface area contributed by atoms with Crippen molar-refractivity contribution in [1.29, 1.82) is 0 Å². The summed E-state index contributed by atoms with van der Waals surface area (Å²) in [5, 5.41) is 0.0930. The first kappa shape index (κ1) is 13.1. The van der Waals surface area contributed by atoms with Crippen LogP contribution in [-0.4, -0.2) is 9.55 Å². The Morgan fingerprint density at radius 2 is 2.11 bits per heavy atom. The van der Waals surface area contributed by atoms with Gasteiger partial charge in [0.15, 0.2) is 0 Å². The van der Waals surface area contributed by atoms with Gasteiger partial charge in [-0.2, -0.15) is 0 Å². The van der Waals surface area contributed by atoms with Gasteiger partial charge >= 0.3 is 5.69 Å². The number of halogens is 2. The number of hydrogen-bond donors (Lipinski definition) is 1. The zero-order valence-corrected chi connectivity index (χ0v) is 11.9. The van der Waals surface area contributed by atoms with Crippen molar-refractivity contribution < 1.29 is 0 Å². The molecule has 0 radical (unpaired) electrons. The van der Waals surface area contributed by atoms with Crippen LogP contribution in [0.4, 0.5) is 0 Å². The fourth-order valence-electron chi connectivity index (χ4n) is 1.61. The minimum Gasteiger partial charge on any atom is -0.297 e. The van der Waals surface area contributed by atoms with Crippen molar-refractivity contribution in [2.75, 3.05) is 0 Å². The molecule has 1 heterocycles. The molecule has 0 saturated carbocycles. The fraction of sp³-hybridized carbons (Fsp3) is 0.167. The van der Waals surface area contributed by atoms with Crippen LogP contribution in [0.15, 0.2) is 38.3 Å². The maximum atomic E-state index is 11.9. The molecule has 4 nitrogen and oxygen atoms in total. The fourth-order valence-corrected chi connectivity index (χ4v) is 2.21. The van der Waals surface area contributed by atoms with Gasteiger partial charge in [-0.15, -0.1) is 0 Å². The van der Waals surface area contributed by atoms with Crippen molar-refractivity contribution >= 4 is 27.5 Å². The lowest BCUT2D eigenvalue weighted by Gasteiger charge is -2.07. The molecular formula is C12H10BrClN2O2. The average molecular weight is 330 g/mol. The smallest absolute Gasteiger partial charge is 0.297 e. The molecule has 1 aromatic heterocycles. The van der Waals surface area contributed by atoms with Crippen molar-refractivity contribution in [3.63, 3.8) is 0 Å². The van der Waals surface area contributed by atoms with Crippen molar-refractivity contribution in [2.24, 2.45) is 0 Å². The Morgan fingerprint density at radius 3 is 2.78 bits per heavy atom. The second kappa shape index (κ2) is 5.12. The molecule has 2 aromatic rings. The third kappa shape index (κ3) is 2.57. The van der Waals surface area contributed by atoms with Crippen LogP contribution in [-0.2, 0) is 6.54 Å². The van der Waals surface area contributed by atoms with Crippen molar-refractivity contribution in [2.45, 2.75) is 13.5 Å². The summed E-state index contributed by atoms with van der Waals surface area (Å²) < 4.78 is 2.03. The van der Waals surface area contributed by atoms with Crippen LogP contribution in [0.2, 0.25) is 5.15 Å². The Morgan fingerprint density at radius 1 is 1.39 bits per heavy atom. The highest BCUT2D eigenvalue weighted by Crippen LogP contribution is 2.12. The molecule has 6 heteroatoms. The number of nitrogens with one attached hydrogen (secondary N) is 1. The summed E-state index contributed by atoms with van der Waals surface area (Å²) in [4.78, 5) is 26.1. The molecule has 0 saturated heterocycles. The van der Waals surface area contributed by atoms with Gasteiger partial charge in [-0.25, -0.2) is 4.79 Å². The summed E-state index contributed by atoms with van der Waals surface area (Å²) in [5.74, 6) is 0. The SMILES string of the molecule is Cc1c(Cl)[nH]c(=O)n(Cc2cccc(Br)c2)c1=O. The van der Waals surface area contributed by atoms with E-state index in [1.165, 1.54) is 0 Å². The van der Waals surface area contributed by atoms with Gasteiger partial charge in [-0.1, -0.05) is 39.7 Å². The van der Waals surface area contributed by atoms with Crippen LogP contribution < -0.4 is 11.2 Å². The molecule has 1 aromatic carbocycles. The van der Waals surface area contributed by atoms with E-state index in [1.807, 2.05) is 24.3 Å². The molecule has 0 spiro atoms. The number of hydrogen-bond acceptors (Lipinski definition) is 2. The van der Waals surface area contributed by atoms with E-state index in [4.69, 9.17) is 11.6 Å². The van der Waals surface area contributed by atoms with Gasteiger partial charge in [0, 0.05) is 10.0 Å². The topological polar surface area (TPSA) is 54.9 Å². The van der Waals surface area contributed by atoms with E-state index in [1.54, 1.807) is 6.92 Å². The summed E-state index contributed by atoms with van der Waals surface area (Å²) in [6, 6.07) is 7.43. The van der Waals surface area contributed by atoms with E-state index in [-0.39, 0.29) is 17.3 Å². The van der Waals surface area contributed by atoms with Crippen LogP contribution >= 0.6 is 27.5 Å². The Hall–Kier alpha value is -1.33. The van der Waals surface area contributed by atoms with Crippen molar-refractivity contribution in [3.8, 4) is 0 Å². The molecule has 0 aliphatic rings. The van der Waals surface area contributed by atoms with Crippen molar-refractivity contribution in [1.82, 2.24) is 9.55 Å². The van der Waals surface area contributed by atoms with Gasteiger partial charge in [0.2, 0.25) is 0 Å². The summed E-state index contributed by atoms with van der Waals surface area (Å²) in [5.41, 5.74) is 0.323. The van der Waals surface area contributed by atoms with E-state index in [0.29, 0.717) is 5.56 Å². The van der Waals surface area contributed by atoms with E-state index in [2.05, 4.69) is 20.9 Å². The number of aromatic amines is 1. The van der Waals surface area contributed by atoms with Gasteiger partial charge in [0.05, 0.1) is 6.54 Å². The average Bonchev–Trinajstić information content (AvgIpc) is 2.32. The normalized spacial score (nSPS) is 10.6. The number of rotatable bonds is 2. The Bertz CT molecular complexity index is 706. The highest BCUT2D eigenvalue weighted by Gasteiger charge is 2.09. The summed E-state index contributed by atoms with van der Waals surface area (Å²) >= 11 is 9.09. The molecule has 0 amide bonds. The molecule has 1 N–H and O–H groups in total. The lowest BCUT2D eigenvalue weighted by molar-refractivity contribution is 0.692. The molecular weight excluding hydrogens is 320 g/mol. The van der Waals surface area contributed by atoms with Gasteiger partial charge in [-0.3, -0.25) is 14.3 Å². The predicted molar refractivity (Wildman–Crippen MR) is 74.3 cm³/mol. The second-order valence-electron chi connectivity index (χ2n) is 3.89. The molecule has 0 fully saturated rings. The summed E-state index contributed by atoms with van der Waals surface area (Å²) in [7, 11) is 0. The van der Waals surface area contributed by atoms with Crippen LogP contribution in [0, 0.1) is 6.92 Å². The van der Waals surface area contributed by atoms with Gasteiger partial charge < -0.3 is 0 Å². The first-order chi connectivity index (χ1) is 8.49. The van der Waals surface area contributed by atoms with Gasteiger partial charge in [-0.05, 0) is 24.6 Å². The van der Waals surface area contributed by atoms with Gasteiger partial charge in [0.25, 0.3) is 5.56 Å². The molecule has 0 bridgehead atoms. The van der Waals surface area contributed by atoms with E-state index in [9.17, 15) is 9.59 Å². The lowest BCUT2D eigenvalue weighted by Crippen LogP contribution is -2.36. The molecule has 18 heavy (non-hydrogen) atoms. The van der Waals surface area contributed by atoms with E-state index in [0.717, 1.165) is 14.6 Å². The molecule has 2 rings (SSSR count). The Labute approximate surface area is 116 Å². The largest absolute Gasteiger partial charge is 0.329 e. The molecule has 0 unspecified atom stereocenters. The maximum absolute atomic E-state index is 11.9. The first-order valence-corrected chi connectivity index (χ1v) is 6.40. The minimum absolute atomic E-state index is 0.0930. The summed E-state index contributed by atoms with van der Waals surface area (Å²) in [6.07, 6.45) is 0. The van der Waals surface area contributed by atoms with Crippen LogP contribution in [0.1, 0.15) is 11.1 Å². The minimum atomic E-state index is -0.504. The predicted octanol–water partition coefficient (Wildman–Crippen LogP) is 2.31. The third-order valence-corrected chi connectivity index (χ3v) is 3.46. The zero-order chi connectivity index (χ0) is 13.3. The molecule has 0 aliphatic heterocycles. The quantitative estimate of drug-likeness (QED) is 0.860. The van der Waals surface area contributed by atoms with Crippen LogP contribution in [0.5, 0.6) is 0 Å². The maximum Gasteiger partial charge on any atom is 0.329 e. The van der Waals surface area contributed by atoms with Crippen LogP contribution in [0.25, 0.3) is 0 Å². The summed E-state index contributed by atoms with van der Waals surface area (Å²) in [6.45, 7) is 1.80. The van der Waals surface area contributed by atoms with Crippen molar-refractivity contribution in [3.05, 3.63) is 65.9 Å². The Balaban J connectivity index is 2.51.